The van der Waals surface area contributed by atoms with Crippen LogP contribution in [0.25, 0.3) is 0 Å². The fourth-order valence-corrected chi connectivity index (χ4v) is 2.58. The highest BCUT2D eigenvalue weighted by Crippen LogP contribution is 2.29. The summed E-state index contributed by atoms with van der Waals surface area (Å²) in [4.78, 5) is 1.30. The van der Waals surface area contributed by atoms with Gasteiger partial charge < -0.3 is 0 Å². The van der Waals surface area contributed by atoms with Crippen LogP contribution >= 0.6 is 50.3 Å². The average molecular weight is 329 g/mol. The third kappa shape index (κ3) is 1.89. The maximum atomic E-state index is 3.51. The van der Waals surface area contributed by atoms with Gasteiger partial charge >= 0.3 is 0 Å². The molecule has 1 aromatic carbocycles. The van der Waals surface area contributed by atoms with E-state index in [4.69, 9.17) is 0 Å². The van der Waals surface area contributed by atoms with Crippen molar-refractivity contribution in [3.05, 3.63) is 26.2 Å². The van der Waals surface area contributed by atoms with Crippen LogP contribution < -0.4 is 0 Å². The highest BCUT2D eigenvalue weighted by Gasteiger charge is 1.99. The first-order valence-corrected chi connectivity index (χ1v) is 5.83. The number of rotatable bonds is 1. The summed E-state index contributed by atoms with van der Waals surface area (Å²) in [7, 11) is 0. The number of hydrogen-bond donors (Lipinski definition) is 0. The molecule has 0 bridgehead atoms. The van der Waals surface area contributed by atoms with Crippen molar-refractivity contribution in [3.8, 4) is 0 Å². The van der Waals surface area contributed by atoms with Gasteiger partial charge in [-0.2, -0.15) is 0 Å². The lowest BCUT2D eigenvalue weighted by molar-refractivity contribution is 1.38. The smallest absolute Gasteiger partial charge is 0.0444 e. The lowest BCUT2D eigenvalue weighted by Gasteiger charge is -2.00. The molecule has 10 heavy (non-hydrogen) atoms. The summed E-state index contributed by atoms with van der Waals surface area (Å²) >= 11 is 7.58. The van der Waals surface area contributed by atoms with Crippen LogP contribution in [0.3, 0.4) is 0 Å². The lowest BCUT2D eigenvalue weighted by Crippen LogP contribution is -1.76. The van der Waals surface area contributed by atoms with E-state index in [1.807, 2.05) is 0 Å². The van der Waals surface area contributed by atoms with E-state index in [1.165, 1.54) is 12.9 Å². The lowest BCUT2D eigenvalue weighted by atomic mass is 10.4. The molecular formula is C7H6BrIS. The van der Waals surface area contributed by atoms with Crippen molar-refractivity contribution < 1.29 is 0 Å². The van der Waals surface area contributed by atoms with Crippen molar-refractivity contribution in [2.45, 2.75) is 4.90 Å². The molecule has 0 saturated heterocycles. The predicted molar refractivity (Wildman–Crippen MR) is 58.6 cm³/mol. The zero-order valence-corrected chi connectivity index (χ0v) is 9.96. The largest absolute Gasteiger partial charge is 0.128 e. The molecule has 1 rings (SSSR count). The first-order chi connectivity index (χ1) is 4.75. The molecule has 0 heterocycles. The van der Waals surface area contributed by atoms with Crippen molar-refractivity contribution in [1.82, 2.24) is 0 Å². The molecule has 0 saturated carbocycles. The van der Waals surface area contributed by atoms with Gasteiger partial charge in [-0.1, -0.05) is 6.07 Å². The first kappa shape index (κ1) is 8.87. The molecular weight excluding hydrogens is 323 g/mol. The second-order valence-corrected chi connectivity index (χ2v) is 4.56. The highest BCUT2D eigenvalue weighted by atomic mass is 127. The second-order valence-electron chi connectivity index (χ2n) is 1.76. The Balaban J connectivity index is 3.14. The van der Waals surface area contributed by atoms with E-state index in [-0.39, 0.29) is 0 Å². The third-order valence-electron chi connectivity index (χ3n) is 1.14. The first-order valence-electron chi connectivity index (χ1n) is 2.73. The van der Waals surface area contributed by atoms with Gasteiger partial charge in [-0.25, -0.2) is 0 Å². The number of benzene rings is 1. The van der Waals surface area contributed by atoms with E-state index >= 15 is 0 Å². The van der Waals surface area contributed by atoms with Crippen molar-refractivity contribution in [3.63, 3.8) is 0 Å². The summed E-state index contributed by atoms with van der Waals surface area (Å²) in [6.07, 6.45) is 2.08. The van der Waals surface area contributed by atoms with Crippen molar-refractivity contribution in [1.29, 1.82) is 0 Å². The number of thioether (sulfide) groups is 1. The van der Waals surface area contributed by atoms with E-state index in [1.54, 1.807) is 11.8 Å². The van der Waals surface area contributed by atoms with Crippen LogP contribution in [0.4, 0.5) is 0 Å². The Hall–Kier alpha value is 0.780. The molecule has 0 N–H and O–H groups in total. The Kier molecular flexibility index (Phi) is 3.52. The summed E-state index contributed by atoms with van der Waals surface area (Å²) in [5.74, 6) is 0. The molecule has 0 unspecified atom stereocenters. The summed E-state index contributed by atoms with van der Waals surface area (Å²) in [5, 5.41) is 0. The third-order valence-corrected chi connectivity index (χ3v) is 4.67. The minimum absolute atomic E-state index is 1.21. The number of hydrogen-bond acceptors (Lipinski definition) is 1. The Labute approximate surface area is 87.0 Å². The van der Waals surface area contributed by atoms with Crippen LogP contribution in [0.1, 0.15) is 0 Å². The molecule has 1 aromatic rings. The van der Waals surface area contributed by atoms with E-state index in [9.17, 15) is 0 Å². The van der Waals surface area contributed by atoms with Crippen molar-refractivity contribution in [2.75, 3.05) is 6.26 Å². The molecule has 0 aliphatic rings. The van der Waals surface area contributed by atoms with Gasteiger partial charge in [0.1, 0.15) is 0 Å². The minimum atomic E-state index is 1.21. The molecule has 0 amide bonds. The summed E-state index contributed by atoms with van der Waals surface area (Å²) < 4.78 is 2.48. The molecule has 54 valence electrons. The van der Waals surface area contributed by atoms with Gasteiger partial charge in [-0.15, -0.1) is 11.8 Å². The van der Waals surface area contributed by atoms with Gasteiger partial charge in [0.15, 0.2) is 0 Å². The highest BCUT2D eigenvalue weighted by molar-refractivity contribution is 14.1. The Morgan fingerprint density at radius 1 is 1.50 bits per heavy atom. The molecule has 0 nitrogen and oxygen atoms in total. The van der Waals surface area contributed by atoms with Crippen LogP contribution in [0, 0.1) is 3.57 Å². The fourth-order valence-electron chi connectivity index (χ4n) is 0.642. The van der Waals surface area contributed by atoms with Crippen molar-refractivity contribution >= 4 is 50.3 Å². The molecule has 0 aliphatic heterocycles. The van der Waals surface area contributed by atoms with E-state index in [2.05, 4.69) is 63.0 Å². The summed E-state index contributed by atoms with van der Waals surface area (Å²) in [6, 6.07) is 6.26. The van der Waals surface area contributed by atoms with Crippen LogP contribution in [-0.4, -0.2) is 6.26 Å². The topological polar surface area (TPSA) is 0 Å². The van der Waals surface area contributed by atoms with Gasteiger partial charge in [0.2, 0.25) is 0 Å². The monoisotopic (exact) mass is 328 g/mol. The zero-order valence-electron chi connectivity index (χ0n) is 5.40. The van der Waals surface area contributed by atoms with Crippen molar-refractivity contribution in [2.24, 2.45) is 0 Å². The van der Waals surface area contributed by atoms with Gasteiger partial charge in [0.25, 0.3) is 0 Å². The van der Waals surface area contributed by atoms with Crippen LogP contribution in [0.2, 0.25) is 0 Å². The molecule has 0 aromatic heterocycles. The van der Waals surface area contributed by atoms with Crippen LogP contribution in [0.15, 0.2) is 27.6 Å². The van der Waals surface area contributed by atoms with Gasteiger partial charge in [0.05, 0.1) is 0 Å². The maximum Gasteiger partial charge on any atom is 0.0444 e. The van der Waals surface area contributed by atoms with E-state index in [0.29, 0.717) is 0 Å². The van der Waals surface area contributed by atoms with Gasteiger partial charge in [0, 0.05) is 12.9 Å². The fraction of sp³-hybridized carbons (Fsp3) is 0.143. The Morgan fingerprint density at radius 2 is 2.20 bits per heavy atom. The Morgan fingerprint density at radius 3 is 2.70 bits per heavy atom. The quantitative estimate of drug-likeness (QED) is 0.558. The average Bonchev–Trinajstić information content (AvgIpc) is 1.95. The number of halogens is 2. The van der Waals surface area contributed by atoms with Gasteiger partial charge in [-0.3, -0.25) is 0 Å². The summed E-state index contributed by atoms with van der Waals surface area (Å²) in [5.41, 5.74) is 0. The predicted octanol–water partition coefficient (Wildman–Crippen LogP) is 3.78. The molecule has 0 fully saturated rings. The normalized spacial score (nSPS) is 9.90. The van der Waals surface area contributed by atoms with Crippen LogP contribution in [0.5, 0.6) is 0 Å². The van der Waals surface area contributed by atoms with E-state index < -0.39 is 0 Å². The maximum absolute atomic E-state index is 3.51. The molecule has 0 spiro atoms. The molecule has 0 atom stereocenters. The zero-order chi connectivity index (χ0) is 7.56. The standard InChI is InChI=1S/C7H6BrIS/c1-10-6-4-2-3-5(9)7(6)8/h2-4H,1H3. The Bertz CT molecular complexity index is 237. The van der Waals surface area contributed by atoms with Gasteiger partial charge in [-0.05, 0) is 56.9 Å². The molecule has 3 heteroatoms. The SMILES string of the molecule is CSc1cccc(I)c1Br. The molecule has 0 aliphatic carbocycles. The van der Waals surface area contributed by atoms with Crippen LogP contribution in [-0.2, 0) is 0 Å². The van der Waals surface area contributed by atoms with E-state index in [0.717, 1.165) is 0 Å². The second kappa shape index (κ2) is 3.97. The molecule has 0 radical (unpaired) electrons. The summed E-state index contributed by atoms with van der Waals surface area (Å²) in [6.45, 7) is 0. The minimum Gasteiger partial charge on any atom is -0.128 e.